The highest BCUT2D eigenvalue weighted by Crippen LogP contribution is 2.23. The van der Waals surface area contributed by atoms with Crippen LogP contribution >= 0.6 is 0 Å². The Hall–Kier alpha value is -4.80. The number of hydrogen-bond donors (Lipinski definition) is 2. The van der Waals surface area contributed by atoms with Crippen molar-refractivity contribution in [3.8, 4) is 5.75 Å². The topological polar surface area (TPSA) is 162 Å². The number of hydrogen-bond acceptors (Lipinski definition) is 7. The first-order chi connectivity index (χ1) is 16.2. The molecule has 0 aliphatic carbocycles. The predicted octanol–water partition coefficient (Wildman–Crippen LogP) is 3.51. The van der Waals surface area contributed by atoms with E-state index in [9.17, 15) is 34.9 Å². The third-order valence-corrected chi connectivity index (χ3v) is 4.80. The van der Waals surface area contributed by atoms with Crippen LogP contribution in [0.3, 0.4) is 0 Å². The smallest absolute Gasteiger partial charge is 0.326 e. The summed E-state index contributed by atoms with van der Waals surface area (Å²) in [6, 6.07) is 17.2. The summed E-state index contributed by atoms with van der Waals surface area (Å²) in [6.45, 7) is 0.364. The molecule has 0 saturated carbocycles. The second kappa shape index (κ2) is 10.7. The van der Waals surface area contributed by atoms with Gasteiger partial charge in [-0.1, -0.05) is 42.5 Å². The first-order valence-electron chi connectivity index (χ1n) is 9.96. The summed E-state index contributed by atoms with van der Waals surface area (Å²) in [6.07, 6.45) is -0.0863. The SMILES string of the molecule is O=C(NC(Cc1ccc(OCc2ccccc2)cc1)C(=O)O)c1cc([N+](=O)[O-])cc([N+](=O)[O-])c1. The number of non-ortho nitro benzene ring substituents is 2. The number of nitrogens with zero attached hydrogens (tertiary/aromatic N) is 2. The van der Waals surface area contributed by atoms with E-state index < -0.39 is 44.7 Å². The van der Waals surface area contributed by atoms with Crippen LogP contribution in [0.4, 0.5) is 11.4 Å². The Kier molecular flexibility index (Phi) is 7.49. The van der Waals surface area contributed by atoms with Crippen molar-refractivity contribution in [1.82, 2.24) is 5.32 Å². The zero-order valence-corrected chi connectivity index (χ0v) is 17.6. The van der Waals surface area contributed by atoms with Crippen LogP contribution in [0.2, 0.25) is 0 Å². The number of benzene rings is 3. The largest absolute Gasteiger partial charge is 0.489 e. The first-order valence-corrected chi connectivity index (χ1v) is 9.96. The van der Waals surface area contributed by atoms with Crippen LogP contribution in [0.15, 0.2) is 72.8 Å². The van der Waals surface area contributed by atoms with E-state index in [0.29, 0.717) is 24.0 Å². The average Bonchev–Trinajstić information content (AvgIpc) is 2.83. The number of carbonyl (C=O) groups is 2. The fourth-order valence-corrected chi connectivity index (χ4v) is 3.08. The van der Waals surface area contributed by atoms with E-state index in [1.54, 1.807) is 24.3 Å². The van der Waals surface area contributed by atoms with Gasteiger partial charge < -0.3 is 15.2 Å². The number of amides is 1. The number of nitro groups is 2. The molecule has 0 aliphatic rings. The molecule has 3 rings (SSSR count). The molecule has 0 fully saturated rings. The number of carboxylic acid groups (broad SMARTS) is 1. The van der Waals surface area contributed by atoms with Gasteiger partial charge in [0.25, 0.3) is 17.3 Å². The van der Waals surface area contributed by atoms with Gasteiger partial charge in [0, 0.05) is 18.6 Å². The van der Waals surface area contributed by atoms with Crippen molar-refractivity contribution in [2.45, 2.75) is 19.1 Å². The van der Waals surface area contributed by atoms with E-state index in [2.05, 4.69) is 5.32 Å². The highest BCUT2D eigenvalue weighted by molar-refractivity contribution is 5.97. The van der Waals surface area contributed by atoms with Gasteiger partial charge in [0.05, 0.1) is 21.5 Å². The van der Waals surface area contributed by atoms with E-state index in [1.165, 1.54) is 0 Å². The molecule has 3 aromatic rings. The third-order valence-electron chi connectivity index (χ3n) is 4.80. The number of ether oxygens (including phenoxy) is 1. The maximum atomic E-state index is 12.5. The minimum Gasteiger partial charge on any atom is -0.489 e. The molecule has 1 atom stereocenters. The second-order valence-electron chi connectivity index (χ2n) is 7.24. The Labute approximate surface area is 192 Å². The van der Waals surface area contributed by atoms with Crippen LogP contribution < -0.4 is 10.1 Å². The summed E-state index contributed by atoms with van der Waals surface area (Å²) < 4.78 is 5.69. The molecule has 11 nitrogen and oxygen atoms in total. The van der Waals surface area contributed by atoms with Crippen molar-refractivity contribution in [2.24, 2.45) is 0 Å². The molecule has 34 heavy (non-hydrogen) atoms. The summed E-state index contributed by atoms with van der Waals surface area (Å²) in [4.78, 5) is 44.5. The monoisotopic (exact) mass is 465 g/mol. The highest BCUT2D eigenvalue weighted by atomic mass is 16.6. The lowest BCUT2D eigenvalue weighted by Gasteiger charge is -2.15. The molecule has 0 bridgehead atoms. The van der Waals surface area contributed by atoms with Gasteiger partial charge in [-0.25, -0.2) is 4.79 Å². The van der Waals surface area contributed by atoms with Gasteiger partial charge >= 0.3 is 5.97 Å². The molecule has 1 unspecified atom stereocenters. The molecule has 3 aromatic carbocycles. The third kappa shape index (κ3) is 6.36. The zero-order valence-electron chi connectivity index (χ0n) is 17.6. The minimum atomic E-state index is -1.37. The van der Waals surface area contributed by atoms with Gasteiger partial charge in [0.15, 0.2) is 0 Å². The standard InChI is InChI=1S/C23H19N3O8/c27-22(17-11-18(25(30)31)13-19(12-17)26(32)33)24-21(23(28)29)10-15-6-8-20(9-7-15)34-14-16-4-2-1-3-5-16/h1-9,11-13,21H,10,14H2,(H,24,27)(H,28,29). The van der Waals surface area contributed by atoms with Crippen molar-refractivity contribution >= 4 is 23.3 Å². The Bertz CT molecular complexity index is 1180. The molecule has 1 amide bonds. The van der Waals surface area contributed by atoms with E-state index in [0.717, 1.165) is 17.7 Å². The van der Waals surface area contributed by atoms with Gasteiger partial charge in [-0.2, -0.15) is 0 Å². The molecule has 0 radical (unpaired) electrons. The lowest BCUT2D eigenvalue weighted by atomic mass is 10.0. The van der Waals surface area contributed by atoms with Crippen LogP contribution in [-0.4, -0.2) is 32.9 Å². The predicted molar refractivity (Wildman–Crippen MR) is 120 cm³/mol. The molecule has 0 aliphatic heterocycles. The zero-order chi connectivity index (χ0) is 24.7. The molecule has 11 heteroatoms. The molecular formula is C23H19N3O8. The molecular weight excluding hydrogens is 446 g/mol. The number of carboxylic acids is 1. The molecule has 2 N–H and O–H groups in total. The van der Waals surface area contributed by atoms with Gasteiger partial charge in [-0.15, -0.1) is 0 Å². The summed E-state index contributed by atoms with van der Waals surface area (Å²) in [5.74, 6) is -1.74. The number of carbonyl (C=O) groups excluding carboxylic acids is 1. The Morgan fingerprint density at radius 3 is 2.00 bits per heavy atom. The van der Waals surface area contributed by atoms with Gasteiger partial charge in [0.1, 0.15) is 18.4 Å². The van der Waals surface area contributed by atoms with Crippen molar-refractivity contribution in [1.29, 1.82) is 0 Å². The Morgan fingerprint density at radius 1 is 0.882 bits per heavy atom. The first kappa shape index (κ1) is 23.9. The summed E-state index contributed by atoms with van der Waals surface area (Å²) in [7, 11) is 0. The minimum absolute atomic E-state index is 0.0863. The molecule has 174 valence electrons. The fourth-order valence-electron chi connectivity index (χ4n) is 3.08. The Morgan fingerprint density at radius 2 is 1.47 bits per heavy atom. The van der Waals surface area contributed by atoms with E-state index in [1.807, 2.05) is 30.3 Å². The van der Waals surface area contributed by atoms with Crippen molar-refractivity contribution in [2.75, 3.05) is 0 Å². The maximum Gasteiger partial charge on any atom is 0.326 e. The Balaban J connectivity index is 1.68. The van der Waals surface area contributed by atoms with Gasteiger partial charge in [0.2, 0.25) is 0 Å². The summed E-state index contributed by atoms with van der Waals surface area (Å²) in [5.41, 5.74) is -0.127. The number of aliphatic carboxylic acids is 1. The number of rotatable bonds is 10. The lowest BCUT2D eigenvalue weighted by Crippen LogP contribution is -2.42. The second-order valence-corrected chi connectivity index (χ2v) is 7.24. The maximum absolute atomic E-state index is 12.5. The van der Waals surface area contributed by atoms with Gasteiger partial charge in [-0.05, 0) is 23.3 Å². The van der Waals surface area contributed by atoms with Crippen LogP contribution in [0, 0.1) is 20.2 Å². The number of nitrogens with one attached hydrogen (secondary N) is 1. The van der Waals surface area contributed by atoms with Crippen LogP contribution in [0.25, 0.3) is 0 Å². The summed E-state index contributed by atoms with van der Waals surface area (Å²) in [5, 5.41) is 33.8. The van der Waals surface area contributed by atoms with E-state index in [-0.39, 0.29) is 6.42 Å². The van der Waals surface area contributed by atoms with Crippen molar-refractivity contribution in [3.05, 3.63) is 110 Å². The highest BCUT2D eigenvalue weighted by Gasteiger charge is 2.24. The lowest BCUT2D eigenvalue weighted by molar-refractivity contribution is -0.394. The molecule has 0 saturated heterocycles. The average molecular weight is 465 g/mol. The van der Waals surface area contributed by atoms with Crippen LogP contribution in [-0.2, 0) is 17.8 Å². The van der Waals surface area contributed by atoms with Crippen molar-refractivity contribution < 1.29 is 29.3 Å². The van der Waals surface area contributed by atoms with Crippen LogP contribution in [0.5, 0.6) is 5.75 Å². The van der Waals surface area contributed by atoms with E-state index in [4.69, 9.17) is 4.74 Å². The quantitative estimate of drug-likeness (QED) is 0.339. The molecule has 0 spiro atoms. The number of nitro benzene ring substituents is 2. The molecule has 0 heterocycles. The van der Waals surface area contributed by atoms with Gasteiger partial charge in [-0.3, -0.25) is 25.0 Å². The normalized spacial score (nSPS) is 11.3. The fraction of sp³-hybridized carbons (Fsp3) is 0.130. The molecule has 0 aromatic heterocycles. The summed E-state index contributed by atoms with van der Waals surface area (Å²) >= 11 is 0. The van der Waals surface area contributed by atoms with E-state index >= 15 is 0 Å². The van der Waals surface area contributed by atoms with Crippen molar-refractivity contribution in [3.63, 3.8) is 0 Å². The van der Waals surface area contributed by atoms with Crippen LogP contribution in [0.1, 0.15) is 21.5 Å².